The maximum atomic E-state index is 11.5. The molecule has 0 bridgehead atoms. The highest BCUT2D eigenvalue weighted by Crippen LogP contribution is 2.16. The van der Waals surface area contributed by atoms with E-state index in [2.05, 4.69) is 31.0 Å². The van der Waals surface area contributed by atoms with Gasteiger partial charge in [0.15, 0.2) is 0 Å². The summed E-state index contributed by atoms with van der Waals surface area (Å²) in [4.78, 5) is 2.48. The highest BCUT2D eigenvalue weighted by molar-refractivity contribution is 7.91. The molecule has 0 amide bonds. The molecule has 1 aliphatic heterocycles. The van der Waals surface area contributed by atoms with Crippen LogP contribution in [0.3, 0.4) is 0 Å². The van der Waals surface area contributed by atoms with Crippen molar-refractivity contribution in [3.05, 3.63) is 0 Å². The summed E-state index contributed by atoms with van der Waals surface area (Å²) in [5.74, 6) is 1.28. The van der Waals surface area contributed by atoms with Crippen molar-refractivity contribution in [2.45, 2.75) is 52.6 Å². The summed E-state index contributed by atoms with van der Waals surface area (Å²) in [6, 6.07) is 1.06. The summed E-state index contributed by atoms with van der Waals surface area (Å²) in [5.41, 5.74) is 0. The molecule has 1 saturated heterocycles. The van der Waals surface area contributed by atoms with Gasteiger partial charge in [-0.3, -0.25) is 4.90 Å². The largest absolute Gasteiger partial charge is 0.311 e. The van der Waals surface area contributed by atoms with Crippen LogP contribution in [0.2, 0.25) is 0 Å². The van der Waals surface area contributed by atoms with Gasteiger partial charge in [-0.2, -0.15) is 0 Å². The van der Waals surface area contributed by atoms with Crippen molar-refractivity contribution in [3.8, 4) is 0 Å². The molecule has 1 rings (SSSR count). The lowest BCUT2D eigenvalue weighted by Gasteiger charge is -2.40. The maximum absolute atomic E-state index is 11.5. The Kier molecular flexibility index (Phi) is 6.77. The minimum Gasteiger partial charge on any atom is -0.311 e. The van der Waals surface area contributed by atoms with Crippen LogP contribution in [0.5, 0.6) is 0 Å². The van der Waals surface area contributed by atoms with E-state index < -0.39 is 9.84 Å². The Bertz CT molecular complexity index is 354. The fourth-order valence-corrected chi connectivity index (χ4v) is 3.57. The number of hydrogen-bond donors (Lipinski definition) is 1. The number of rotatable bonds is 7. The number of sulfone groups is 1. The predicted molar refractivity (Wildman–Crippen MR) is 81.2 cm³/mol. The highest BCUT2D eigenvalue weighted by atomic mass is 32.2. The van der Waals surface area contributed by atoms with E-state index in [0.29, 0.717) is 23.8 Å². The average molecular weight is 290 g/mol. The van der Waals surface area contributed by atoms with E-state index in [9.17, 15) is 8.42 Å². The van der Waals surface area contributed by atoms with Crippen LogP contribution in [0.15, 0.2) is 0 Å². The second-order valence-electron chi connectivity index (χ2n) is 6.18. The third-order valence-corrected chi connectivity index (χ3v) is 5.60. The first-order valence-electron chi connectivity index (χ1n) is 7.52. The molecule has 19 heavy (non-hydrogen) atoms. The van der Waals surface area contributed by atoms with Crippen LogP contribution in [0.25, 0.3) is 0 Å². The second kappa shape index (κ2) is 7.60. The Balaban J connectivity index is 2.46. The van der Waals surface area contributed by atoms with Gasteiger partial charge in [0.2, 0.25) is 0 Å². The summed E-state index contributed by atoms with van der Waals surface area (Å²) in [7, 11) is -2.82. The van der Waals surface area contributed by atoms with Crippen LogP contribution < -0.4 is 5.32 Å². The summed E-state index contributed by atoms with van der Waals surface area (Å²) in [6.45, 7) is 11.4. The molecule has 1 fully saturated rings. The SMILES string of the molecule is CCS(=O)(=O)CCCN1CC(C)NCC1CC(C)C. The number of nitrogens with one attached hydrogen (secondary N) is 1. The molecule has 0 aromatic heterocycles. The van der Waals surface area contributed by atoms with E-state index >= 15 is 0 Å². The van der Waals surface area contributed by atoms with Crippen molar-refractivity contribution < 1.29 is 8.42 Å². The molecule has 0 spiro atoms. The Hall–Kier alpha value is -0.130. The molecule has 2 unspecified atom stereocenters. The quantitative estimate of drug-likeness (QED) is 0.772. The lowest BCUT2D eigenvalue weighted by Crippen LogP contribution is -2.56. The van der Waals surface area contributed by atoms with Crippen LogP contribution in [-0.2, 0) is 9.84 Å². The van der Waals surface area contributed by atoms with E-state index in [1.54, 1.807) is 6.92 Å². The summed E-state index contributed by atoms with van der Waals surface area (Å²) in [6.07, 6.45) is 1.94. The van der Waals surface area contributed by atoms with E-state index in [1.165, 1.54) is 6.42 Å². The fraction of sp³-hybridized carbons (Fsp3) is 1.00. The normalized spacial score (nSPS) is 25.9. The third kappa shape index (κ3) is 6.23. The number of piperazine rings is 1. The lowest BCUT2D eigenvalue weighted by atomic mass is 9.99. The van der Waals surface area contributed by atoms with Crippen LogP contribution in [0, 0.1) is 5.92 Å². The van der Waals surface area contributed by atoms with E-state index in [4.69, 9.17) is 0 Å². The topological polar surface area (TPSA) is 49.4 Å². The molecule has 1 heterocycles. The van der Waals surface area contributed by atoms with Crippen molar-refractivity contribution in [1.29, 1.82) is 0 Å². The molecule has 114 valence electrons. The zero-order valence-corrected chi connectivity index (χ0v) is 13.7. The molecule has 5 heteroatoms. The van der Waals surface area contributed by atoms with Gasteiger partial charge >= 0.3 is 0 Å². The molecule has 0 saturated carbocycles. The maximum Gasteiger partial charge on any atom is 0.150 e. The molecule has 4 nitrogen and oxygen atoms in total. The van der Waals surface area contributed by atoms with Gasteiger partial charge in [0, 0.05) is 30.9 Å². The molecule has 1 N–H and O–H groups in total. The van der Waals surface area contributed by atoms with Gasteiger partial charge in [0.1, 0.15) is 9.84 Å². The Morgan fingerprint density at radius 2 is 2.05 bits per heavy atom. The van der Waals surface area contributed by atoms with Gasteiger partial charge in [0.25, 0.3) is 0 Å². The van der Waals surface area contributed by atoms with E-state index in [1.807, 2.05) is 0 Å². The molecular formula is C14H30N2O2S. The van der Waals surface area contributed by atoms with Gasteiger partial charge < -0.3 is 5.32 Å². The van der Waals surface area contributed by atoms with Crippen molar-refractivity contribution in [2.75, 3.05) is 31.1 Å². The lowest BCUT2D eigenvalue weighted by molar-refractivity contribution is 0.119. The smallest absolute Gasteiger partial charge is 0.150 e. The first-order chi connectivity index (χ1) is 8.84. The van der Waals surface area contributed by atoms with Crippen LogP contribution in [0.1, 0.15) is 40.5 Å². The summed E-state index contributed by atoms with van der Waals surface area (Å²) < 4.78 is 23.1. The van der Waals surface area contributed by atoms with Gasteiger partial charge in [-0.15, -0.1) is 0 Å². The van der Waals surface area contributed by atoms with Crippen molar-refractivity contribution in [2.24, 2.45) is 5.92 Å². The summed E-state index contributed by atoms with van der Waals surface area (Å²) >= 11 is 0. The van der Waals surface area contributed by atoms with Crippen LogP contribution in [-0.4, -0.2) is 56.5 Å². The molecule has 1 aliphatic rings. The first kappa shape index (κ1) is 16.9. The van der Waals surface area contributed by atoms with Gasteiger partial charge in [0.05, 0.1) is 5.75 Å². The molecular weight excluding hydrogens is 260 g/mol. The van der Waals surface area contributed by atoms with Crippen molar-refractivity contribution in [1.82, 2.24) is 10.2 Å². The molecule has 0 aromatic carbocycles. The van der Waals surface area contributed by atoms with Gasteiger partial charge in [-0.05, 0) is 32.2 Å². The van der Waals surface area contributed by atoms with Crippen molar-refractivity contribution in [3.63, 3.8) is 0 Å². The van der Waals surface area contributed by atoms with E-state index in [-0.39, 0.29) is 5.75 Å². The van der Waals surface area contributed by atoms with Crippen LogP contribution >= 0.6 is 0 Å². The predicted octanol–water partition coefficient (Wildman–Crippen LogP) is 1.52. The average Bonchev–Trinajstić information content (AvgIpc) is 2.32. The first-order valence-corrected chi connectivity index (χ1v) is 9.34. The number of nitrogens with zero attached hydrogens (tertiary/aromatic N) is 1. The van der Waals surface area contributed by atoms with Crippen molar-refractivity contribution >= 4 is 9.84 Å². The minimum atomic E-state index is -2.82. The molecule has 0 aliphatic carbocycles. The van der Waals surface area contributed by atoms with Gasteiger partial charge in [-0.1, -0.05) is 20.8 Å². The molecule has 0 radical (unpaired) electrons. The van der Waals surface area contributed by atoms with Crippen LogP contribution in [0.4, 0.5) is 0 Å². The number of hydrogen-bond acceptors (Lipinski definition) is 4. The fourth-order valence-electron chi connectivity index (χ4n) is 2.71. The zero-order chi connectivity index (χ0) is 14.5. The summed E-state index contributed by atoms with van der Waals surface area (Å²) in [5, 5.41) is 3.53. The second-order valence-corrected chi connectivity index (χ2v) is 8.65. The minimum absolute atomic E-state index is 0.264. The Morgan fingerprint density at radius 3 is 2.63 bits per heavy atom. The standard InChI is InChI=1S/C14H30N2O2S/c1-5-19(17,18)8-6-7-16-11-13(4)15-10-14(16)9-12(2)3/h12-15H,5-11H2,1-4H3. The zero-order valence-electron chi connectivity index (χ0n) is 12.9. The monoisotopic (exact) mass is 290 g/mol. The Labute approximate surface area is 118 Å². The third-order valence-electron chi connectivity index (χ3n) is 3.81. The van der Waals surface area contributed by atoms with E-state index in [0.717, 1.165) is 26.1 Å². The van der Waals surface area contributed by atoms with Gasteiger partial charge in [-0.25, -0.2) is 8.42 Å². The molecule has 2 atom stereocenters. The Morgan fingerprint density at radius 1 is 1.37 bits per heavy atom. The molecule has 0 aromatic rings. The highest BCUT2D eigenvalue weighted by Gasteiger charge is 2.26.